The lowest BCUT2D eigenvalue weighted by molar-refractivity contribution is 0.174. The van der Waals surface area contributed by atoms with Gasteiger partial charge in [0.2, 0.25) is 0 Å². The molecule has 8 rings (SSSR count). The molecule has 5 atom stereocenters. The van der Waals surface area contributed by atoms with Crippen LogP contribution in [0.25, 0.3) is 0 Å². The first-order valence-corrected chi connectivity index (χ1v) is 16.4. The minimum atomic E-state index is 0.0373. The third-order valence-corrected chi connectivity index (χ3v) is 8.97. The Bertz CT molecular complexity index is 1450. The van der Waals surface area contributed by atoms with E-state index in [9.17, 15) is 0 Å². The van der Waals surface area contributed by atoms with Gasteiger partial charge in [0.15, 0.2) is 0 Å². The normalized spacial score (nSPS) is 25.4. The molecule has 3 aromatic rings. The van der Waals surface area contributed by atoms with Crippen LogP contribution in [0.3, 0.4) is 0 Å². The molecule has 8 heteroatoms. The van der Waals surface area contributed by atoms with Crippen molar-refractivity contribution in [3.8, 4) is 17.2 Å². The van der Waals surface area contributed by atoms with Gasteiger partial charge in [0, 0.05) is 18.3 Å². The molecule has 0 aromatic heterocycles. The maximum absolute atomic E-state index is 6.07. The lowest BCUT2D eigenvalue weighted by Gasteiger charge is -2.32. The lowest BCUT2D eigenvalue weighted by atomic mass is 9.71. The van der Waals surface area contributed by atoms with E-state index in [0.717, 1.165) is 62.3 Å². The maximum atomic E-state index is 6.07. The summed E-state index contributed by atoms with van der Waals surface area (Å²) in [5.41, 5.74) is 5.01. The van der Waals surface area contributed by atoms with Crippen molar-refractivity contribution in [3.05, 3.63) is 113 Å². The number of ether oxygens (including phenoxy) is 8. The number of hydrogen-bond acceptors (Lipinski definition) is 8. The third-order valence-electron chi connectivity index (χ3n) is 8.97. The van der Waals surface area contributed by atoms with Crippen LogP contribution in [0, 0.1) is 0 Å². The SMILES string of the molecule is C1=C(OCC2CO2)CCC(C(c2ccc(OCC3CO3)cc2)C(c2ccc(OCC3CO3)cc2)c2ccc(OCC3CO3)cc2)=C1. The fourth-order valence-corrected chi connectivity index (χ4v) is 5.95. The molecule has 46 heavy (non-hydrogen) atoms. The van der Waals surface area contributed by atoms with Gasteiger partial charge in [0.05, 0.1) is 32.2 Å². The monoisotopic (exact) mass is 624 g/mol. The Balaban J connectivity index is 1.12. The Morgan fingerprint density at radius 3 is 1.17 bits per heavy atom. The lowest BCUT2D eigenvalue weighted by Crippen LogP contribution is -2.17. The number of rotatable bonds is 17. The highest BCUT2D eigenvalue weighted by Gasteiger charge is 2.32. The van der Waals surface area contributed by atoms with Gasteiger partial charge in [-0.1, -0.05) is 48.0 Å². The van der Waals surface area contributed by atoms with Crippen LogP contribution in [0.1, 0.15) is 41.4 Å². The molecule has 1 aliphatic carbocycles. The van der Waals surface area contributed by atoms with E-state index in [2.05, 4.69) is 84.9 Å². The third kappa shape index (κ3) is 7.93. The number of hydrogen-bond donors (Lipinski definition) is 0. The Morgan fingerprint density at radius 1 is 0.457 bits per heavy atom. The molecule has 0 saturated carbocycles. The standard InChI is InChI=1S/C38H40O8/c1-9-29(39-17-33-21-43-33)10-2-25(1)37(26-3-11-30(12-4-26)40-18-34-22-44-34)38(27-5-13-31(14-6-27)41-19-35-23-45-35)28-7-15-32(16-8-28)42-20-36-24-46-36/h1-7,9-15,33-38H,8,16-24H2. The van der Waals surface area contributed by atoms with Crippen molar-refractivity contribution < 1.29 is 37.9 Å². The van der Waals surface area contributed by atoms with Crippen LogP contribution in [0.5, 0.6) is 17.2 Å². The fraction of sp³-hybridized carbons (Fsp3) is 0.421. The molecule has 3 aromatic carbocycles. The molecule has 0 radical (unpaired) electrons. The van der Waals surface area contributed by atoms with Crippen LogP contribution < -0.4 is 14.2 Å². The van der Waals surface area contributed by atoms with Gasteiger partial charge in [-0.3, -0.25) is 0 Å². The van der Waals surface area contributed by atoms with E-state index >= 15 is 0 Å². The highest BCUT2D eigenvalue weighted by atomic mass is 16.6. The van der Waals surface area contributed by atoms with Crippen molar-refractivity contribution in [2.24, 2.45) is 0 Å². The summed E-state index contributed by atoms with van der Waals surface area (Å²) in [6.07, 6.45) is 7.05. The van der Waals surface area contributed by atoms with Gasteiger partial charge in [-0.05, 0) is 65.6 Å². The highest BCUT2D eigenvalue weighted by molar-refractivity contribution is 5.48. The summed E-state index contributed by atoms with van der Waals surface area (Å²) >= 11 is 0. The summed E-state index contributed by atoms with van der Waals surface area (Å²) in [5, 5.41) is 0. The largest absolute Gasteiger partial charge is 0.495 e. The molecular formula is C38H40O8. The van der Waals surface area contributed by atoms with Crippen molar-refractivity contribution in [1.29, 1.82) is 0 Å². The van der Waals surface area contributed by atoms with E-state index in [4.69, 9.17) is 37.9 Å². The topological polar surface area (TPSA) is 87.0 Å². The van der Waals surface area contributed by atoms with Gasteiger partial charge < -0.3 is 37.9 Å². The van der Waals surface area contributed by atoms with Crippen molar-refractivity contribution in [3.63, 3.8) is 0 Å². The zero-order valence-electron chi connectivity index (χ0n) is 25.9. The minimum absolute atomic E-state index is 0.0373. The first-order valence-electron chi connectivity index (χ1n) is 16.4. The average Bonchev–Trinajstić information content (AvgIpc) is 3.91. The summed E-state index contributed by atoms with van der Waals surface area (Å²) in [7, 11) is 0. The summed E-state index contributed by atoms with van der Waals surface area (Å²) in [5.74, 6) is 3.68. The summed E-state index contributed by atoms with van der Waals surface area (Å²) in [4.78, 5) is 0. The average molecular weight is 625 g/mol. The molecule has 4 heterocycles. The molecule has 4 saturated heterocycles. The van der Waals surface area contributed by atoms with Gasteiger partial charge in [0.1, 0.15) is 68.1 Å². The zero-order valence-corrected chi connectivity index (χ0v) is 25.9. The van der Waals surface area contributed by atoms with Crippen LogP contribution in [-0.2, 0) is 23.7 Å². The van der Waals surface area contributed by atoms with Crippen molar-refractivity contribution in [1.82, 2.24) is 0 Å². The predicted octanol–water partition coefficient (Wildman–Crippen LogP) is 5.95. The van der Waals surface area contributed by atoms with E-state index in [1.165, 1.54) is 22.3 Å². The fourth-order valence-electron chi connectivity index (χ4n) is 5.95. The van der Waals surface area contributed by atoms with Crippen molar-refractivity contribution >= 4 is 0 Å². The molecular weight excluding hydrogens is 584 g/mol. The number of epoxide rings is 4. The van der Waals surface area contributed by atoms with Crippen LogP contribution in [0.15, 0.2) is 96.3 Å². The number of benzene rings is 3. The van der Waals surface area contributed by atoms with Gasteiger partial charge in [-0.15, -0.1) is 0 Å². The molecule has 4 fully saturated rings. The van der Waals surface area contributed by atoms with E-state index in [1.807, 2.05) is 0 Å². The Morgan fingerprint density at radius 2 is 0.826 bits per heavy atom. The molecule has 5 unspecified atom stereocenters. The molecule has 240 valence electrons. The maximum Gasteiger partial charge on any atom is 0.119 e. The molecule has 0 amide bonds. The molecule has 0 N–H and O–H groups in total. The van der Waals surface area contributed by atoms with E-state index in [0.29, 0.717) is 26.4 Å². The molecule has 0 bridgehead atoms. The summed E-state index contributed by atoms with van der Waals surface area (Å²) in [6.45, 7) is 5.49. The van der Waals surface area contributed by atoms with Crippen LogP contribution in [0.4, 0.5) is 0 Å². The van der Waals surface area contributed by atoms with Gasteiger partial charge in [-0.2, -0.15) is 0 Å². The van der Waals surface area contributed by atoms with E-state index in [1.54, 1.807) is 0 Å². The van der Waals surface area contributed by atoms with Gasteiger partial charge in [-0.25, -0.2) is 0 Å². The summed E-state index contributed by atoms with van der Waals surface area (Å²) in [6, 6.07) is 25.7. The van der Waals surface area contributed by atoms with E-state index < -0.39 is 0 Å². The first-order chi connectivity index (χ1) is 22.7. The van der Waals surface area contributed by atoms with Crippen LogP contribution >= 0.6 is 0 Å². The zero-order chi connectivity index (χ0) is 30.7. The molecule has 5 aliphatic rings. The second-order valence-corrected chi connectivity index (χ2v) is 12.6. The quantitative estimate of drug-likeness (QED) is 0.170. The van der Waals surface area contributed by atoms with Crippen molar-refractivity contribution in [2.45, 2.75) is 49.1 Å². The molecule has 4 aliphatic heterocycles. The van der Waals surface area contributed by atoms with Crippen LogP contribution in [-0.4, -0.2) is 77.3 Å². The highest BCUT2D eigenvalue weighted by Crippen LogP contribution is 2.46. The minimum Gasteiger partial charge on any atom is -0.495 e. The second kappa shape index (κ2) is 13.5. The van der Waals surface area contributed by atoms with E-state index in [-0.39, 0.29) is 36.3 Å². The molecule has 8 nitrogen and oxygen atoms in total. The summed E-state index contributed by atoms with van der Waals surface area (Å²) < 4.78 is 45.4. The second-order valence-electron chi connectivity index (χ2n) is 12.6. The smallest absolute Gasteiger partial charge is 0.119 e. The Labute approximate surface area is 269 Å². The van der Waals surface area contributed by atoms with Gasteiger partial charge >= 0.3 is 0 Å². The Hall–Kier alpha value is -3.82. The number of allylic oxidation sites excluding steroid dienone is 4. The van der Waals surface area contributed by atoms with Crippen LogP contribution in [0.2, 0.25) is 0 Å². The first kappa shape index (κ1) is 29.6. The molecule has 0 spiro atoms. The predicted molar refractivity (Wildman–Crippen MR) is 171 cm³/mol. The van der Waals surface area contributed by atoms with Crippen molar-refractivity contribution in [2.75, 3.05) is 52.9 Å². The van der Waals surface area contributed by atoms with Gasteiger partial charge in [0.25, 0.3) is 0 Å². The Kier molecular flexibility index (Phi) is 8.68.